The molecule has 0 unspecified atom stereocenters. The van der Waals surface area contributed by atoms with Crippen molar-refractivity contribution < 1.29 is 72.4 Å². The number of ether oxygens (including phenoxy) is 4. The minimum absolute atomic E-state index is 0.0141. The normalized spacial score (nSPS) is 12.1. The lowest BCUT2D eigenvalue weighted by molar-refractivity contribution is -0.275. The summed E-state index contributed by atoms with van der Waals surface area (Å²) < 4.78 is 154. The number of alkyl halides is 9. The number of rotatable bonds is 12. The average Bonchev–Trinajstić information content (AvgIpc) is 3.12. The van der Waals surface area contributed by atoms with Crippen LogP contribution < -0.4 is 19.5 Å². The highest BCUT2D eigenvalue weighted by Gasteiger charge is 2.41. The molecule has 294 valence electrons. The van der Waals surface area contributed by atoms with Crippen LogP contribution in [0.25, 0.3) is 0 Å². The van der Waals surface area contributed by atoms with E-state index >= 15 is 0 Å². The summed E-state index contributed by atoms with van der Waals surface area (Å²) in [6.45, 7) is -0.0141. The Bertz CT molecular complexity index is 2120. The Morgan fingerprint density at radius 2 is 1.18 bits per heavy atom. The molecule has 1 amide bonds. The average molecular weight is 796 g/mol. The van der Waals surface area contributed by atoms with Crippen LogP contribution in [0.2, 0.25) is 0 Å². The van der Waals surface area contributed by atoms with Crippen molar-refractivity contribution in [2.45, 2.75) is 37.5 Å². The molecule has 1 N–H and O–H groups in total. The molecule has 56 heavy (non-hydrogen) atoms. The first-order valence-electron chi connectivity index (χ1n) is 16.1. The highest BCUT2D eigenvalue weighted by molar-refractivity contribution is 5.95. The molecule has 0 saturated carbocycles. The third kappa shape index (κ3) is 10.5. The second-order valence-electron chi connectivity index (χ2n) is 12.0. The van der Waals surface area contributed by atoms with Gasteiger partial charge in [-0.25, -0.2) is 9.18 Å². The molecule has 0 aliphatic heterocycles. The molecule has 5 rings (SSSR count). The first-order valence-corrected chi connectivity index (χ1v) is 16.1. The minimum Gasteiger partial charge on any atom is -0.489 e. The van der Waals surface area contributed by atoms with Crippen LogP contribution >= 0.6 is 0 Å². The Balaban J connectivity index is 1.62. The van der Waals surface area contributed by atoms with E-state index < -0.39 is 71.2 Å². The van der Waals surface area contributed by atoms with Crippen LogP contribution in [0.1, 0.15) is 48.5 Å². The Morgan fingerprint density at radius 1 is 0.607 bits per heavy atom. The Hall–Kier alpha value is -6.26. The number of hydrogen-bond acceptors (Lipinski definition) is 6. The standard InChI is InChI=1S/C39H27F10NO6/c1-53-35(52)26-6-2-5-24(17-26)22-54-29-14-11-23(12-15-29)21-36(27-7-3-9-30(19-27)55-38(44,45)46,28-8-4-10-31(20-28)56-39(47,48)49)50-34(51)25-13-16-33(40)32(18-25)37(41,42)43/h2-20H,21-22H2,1H3,(H,50,51). The fourth-order valence-corrected chi connectivity index (χ4v) is 5.71. The van der Waals surface area contributed by atoms with Gasteiger partial charge in [0.1, 0.15) is 29.7 Å². The van der Waals surface area contributed by atoms with Crippen LogP contribution in [0.4, 0.5) is 43.9 Å². The van der Waals surface area contributed by atoms with E-state index in [1.165, 1.54) is 49.6 Å². The van der Waals surface area contributed by atoms with E-state index in [1.807, 2.05) is 0 Å². The highest BCUT2D eigenvalue weighted by Crippen LogP contribution is 2.39. The van der Waals surface area contributed by atoms with Crippen molar-refractivity contribution in [2.24, 2.45) is 0 Å². The molecule has 5 aromatic carbocycles. The molecule has 0 saturated heterocycles. The number of hydrogen-bond donors (Lipinski definition) is 1. The monoisotopic (exact) mass is 795 g/mol. The zero-order valence-corrected chi connectivity index (χ0v) is 28.6. The van der Waals surface area contributed by atoms with E-state index in [0.717, 1.165) is 42.5 Å². The summed E-state index contributed by atoms with van der Waals surface area (Å²) in [5.41, 5.74) is -4.03. The summed E-state index contributed by atoms with van der Waals surface area (Å²) in [7, 11) is 1.22. The maximum absolute atomic E-state index is 14.2. The maximum atomic E-state index is 14.2. The number of amides is 1. The van der Waals surface area contributed by atoms with Gasteiger partial charge in [0.25, 0.3) is 5.91 Å². The smallest absolute Gasteiger partial charge is 0.489 e. The first kappa shape index (κ1) is 40.9. The van der Waals surface area contributed by atoms with Gasteiger partial charge >= 0.3 is 24.9 Å². The number of methoxy groups -OCH3 is 1. The van der Waals surface area contributed by atoms with E-state index in [0.29, 0.717) is 11.6 Å². The zero-order valence-electron chi connectivity index (χ0n) is 28.6. The molecule has 0 aliphatic rings. The van der Waals surface area contributed by atoms with E-state index in [1.54, 1.807) is 18.2 Å². The minimum atomic E-state index is -5.24. The lowest BCUT2D eigenvalue weighted by Gasteiger charge is -2.37. The van der Waals surface area contributed by atoms with Crippen molar-refractivity contribution in [1.29, 1.82) is 0 Å². The van der Waals surface area contributed by atoms with Crippen LogP contribution in [-0.4, -0.2) is 31.7 Å². The summed E-state index contributed by atoms with van der Waals surface area (Å²) >= 11 is 0. The summed E-state index contributed by atoms with van der Waals surface area (Å²) in [6.07, 6.45) is -16.1. The Labute approximate surface area is 311 Å². The molecule has 7 nitrogen and oxygen atoms in total. The summed E-state index contributed by atoms with van der Waals surface area (Å²) in [5, 5.41) is 2.52. The number of esters is 1. The number of nitrogens with one attached hydrogen (secondary N) is 1. The number of halogens is 10. The van der Waals surface area contributed by atoms with Gasteiger partial charge in [0.15, 0.2) is 0 Å². The highest BCUT2D eigenvalue weighted by atomic mass is 19.4. The number of benzene rings is 5. The van der Waals surface area contributed by atoms with Crippen molar-refractivity contribution in [1.82, 2.24) is 5.32 Å². The molecule has 17 heteroatoms. The van der Waals surface area contributed by atoms with Crippen LogP contribution in [0.5, 0.6) is 17.2 Å². The molecular formula is C39H27F10NO6. The third-order valence-electron chi connectivity index (χ3n) is 8.13. The summed E-state index contributed by atoms with van der Waals surface area (Å²) in [6, 6.07) is 21.7. The number of carbonyl (C=O) groups is 2. The third-order valence-corrected chi connectivity index (χ3v) is 8.13. The van der Waals surface area contributed by atoms with Gasteiger partial charge in [0.05, 0.1) is 23.8 Å². The van der Waals surface area contributed by atoms with Crippen molar-refractivity contribution >= 4 is 11.9 Å². The SMILES string of the molecule is COC(=O)c1cccc(COc2ccc(CC(NC(=O)c3ccc(F)c(C(F)(F)F)c3)(c3cccc(OC(F)(F)F)c3)c3cccc(OC(F)(F)F)c3)cc2)c1. The van der Waals surface area contributed by atoms with E-state index in [-0.39, 0.29) is 40.7 Å². The maximum Gasteiger partial charge on any atom is 0.573 e. The molecule has 0 fully saturated rings. The fourth-order valence-electron chi connectivity index (χ4n) is 5.71. The second kappa shape index (κ2) is 16.2. The largest absolute Gasteiger partial charge is 0.573 e. The van der Waals surface area contributed by atoms with Crippen LogP contribution in [0.3, 0.4) is 0 Å². The molecule has 0 radical (unpaired) electrons. The second-order valence-corrected chi connectivity index (χ2v) is 12.0. The quantitative estimate of drug-likeness (QED) is 0.100. The van der Waals surface area contributed by atoms with E-state index in [2.05, 4.69) is 14.8 Å². The lowest BCUT2D eigenvalue weighted by Crippen LogP contribution is -2.48. The predicted molar refractivity (Wildman–Crippen MR) is 178 cm³/mol. The van der Waals surface area contributed by atoms with Crippen molar-refractivity contribution in [2.75, 3.05) is 7.11 Å². The summed E-state index contributed by atoms with van der Waals surface area (Å²) in [5.74, 6) is -4.92. The molecule has 0 heterocycles. The van der Waals surface area contributed by atoms with Gasteiger partial charge in [-0.2, -0.15) is 13.2 Å². The van der Waals surface area contributed by atoms with Crippen LogP contribution in [0.15, 0.2) is 115 Å². The van der Waals surface area contributed by atoms with Gasteiger partial charge in [-0.1, -0.05) is 48.5 Å². The van der Waals surface area contributed by atoms with Gasteiger partial charge in [-0.15, -0.1) is 26.3 Å². The van der Waals surface area contributed by atoms with Crippen LogP contribution in [-0.2, 0) is 29.5 Å². The fraction of sp³-hybridized carbons (Fsp3) is 0.179. The molecule has 0 bridgehead atoms. The zero-order chi connectivity index (χ0) is 40.9. The molecule has 0 atom stereocenters. The van der Waals surface area contributed by atoms with Crippen LogP contribution in [0, 0.1) is 5.82 Å². The number of carbonyl (C=O) groups excluding carboxylic acids is 2. The van der Waals surface area contributed by atoms with Crippen molar-refractivity contribution in [3.63, 3.8) is 0 Å². The molecule has 0 aromatic heterocycles. The lowest BCUT2D eigenvalue weighted by atomic mass is 9.77. The molecule has 0 spiro atoms. The topological polar surface area (TPSA) is 83.1 Å². The van der Waals surface area contributed by atoms with E-state index in [4.69, 9.17) is 9.47 Å². The molecular weight excluding hydrogens is 768 g/mol. The van der Waals surface area contributed by atoms with Crippen molar-refractivity contribution in [3.05, 3.63) is 160 Å². The van der Waals surface area contributed by atoms with Gasteiger partial charge in [-0.05, 0) is 89.0 Å². The Kier molecular flexibility index (Phi) is 11.9. The van der Waals surface area contributed by atoms with Gasteiger partial charge in [0, 0.05) is 12.0 Å². The van der Waals surface area contributed by atoms with Gasteiger partial charge in [-0.3, -0.25) is 4.79 Å². The Morgan fingerprint density at radius 3 is 1.71 bits per heavy atom. The van der Waals surface area contributed by atoms with Gasteiger partial charge in [0.2, 0.25) is 0 Å². The first-order chi connectivity index (χ1) is 26.2. The summed E-state index contributed by atoms with van der Waals surface area (Å²) in [4.78, 5) is 25.8. The molecule has 0 aliphatic carbocycles. The van der Waals surface area contributed by atoms with Crippen molar-refractivity contribution in [3.8, 4) is 17.2 Å². The predicted octanol–water partition coefficient (Wildman–Crippen LogP) is 9.92. The van der Waals surface area contributed by atoms with E-state index in [9.17, 15) is 53.5 Å². The molecule has 5 aromatic rings. The van der Waals surface area contributed by atoms with Gasteiger partial charge < -0.3 is 24.3 Å².